The average Bonchev–Trinajstić information content (AvgIpc) is 2.69. The molecule has 3 heteroatoms. The summed E-state index contributed by atoms with van der Waals surface area (Å²) in [6.07, 6.45) is 3.44. The Kier molecular flexibility index (Phi) is 6.24. The highest BCUT2D eigenvalue weighted by Gasteiger charge is 2.46. The van der Waals surface area contributed by atoms with Crippen LogP contribution in [0.25, 0.3) is 0 Å². The lowest BCUT2D eigenvalue weighted by atomic mass is 9.93. The molecule has 1 aliphatic rings. The van der Waals surface area contributed by atoms with Crippen molar-refractivity contribution < 1.29 is 14.2 Å². The second kappa shape index (κ2) is 7.78. The van der Waals surface area contributed by atoms with E-state index in [1.807, 2.05) is 32.0 Å². The van der Waals surface area contributed by atoms with Gasteiger partial charge < -0.3 is 14.2 Å². The lowest BCUT2D eigenvalue weighted by molar-refractivity contribution is -0.157. The van der Waals surface area contributed by atoms with Gasteiger partial charge in [0.15, 0.2) is 5.79 Å². The van der Waals surface area contributed by atoms with Crippen LogP contribution in [0.2, 0.25) is 0 Å². The predicted molar refractivity (Wildman–Crippen MR) is 93.2 cm³/mol. The van der Waals surface area contributed by atoms with E-state index in [0.29, 0.717) is 12.5 Å². The molecule has 1 aromatic rings. The first-order valence-corrected chi connectivity index (χ1v) is 8.78. The molecule has 0 aliphatic carbocycles. The van der Waals surface area contributed by atoms with Crippen LogP contribution in [-0.2, 0) is 20.8 Å². The van der Waals surface area contributed by atoms with E-state index in [0.717, 1.165) is 25.9 Å². The van der Waals surface area contributed by atoms with Crippen LogP contribution in [-0.4, -0.2) is 24.1 Å². The zero-order valence-corrected chi connectivity index (χ0v) is 15.3. The third-order valence-electron chi connectivity index (χ3n) is 4.50. The minimum atomic E-state index is -0.462. The number of ether oxygens (including phenoxy) is 3. The Morgan fingerprint density at radius 3 is 2.39 bits per heavy atom. The quantitative estimate of drug-likeness (QED) is 0.635. The topological polar surface area (TPSA) is 27.7 Å². The summed E-state index contributed by atoms with van der Waals surface area (Å²) in [6, 6.07) is 10.3. The monoisotopic (exact) mass is 320 g/mol. The Balaban J connectivity index is 1.63. The maximum Gasteiger partial charge on any atom is 0.164 e. The molecule has 0 radical (unpaired) electrons. The molecule has 3 nitrogen and oxygen atoms in total. The fraction of sp³-hybridized carbons (Fsp3) is 0.700. The molecule has 2 rings (SSSR count). The van der Waals surface area contributed by atoms with Gasteiger partial charge in [0.2, 0.25) is 0 Å². The Bertz CT molecular complexity index is 467. The van der Waals surface area contributed by atoms with E-state index in [9.17, 15) is 0 Å². The van der Waals surface area contributed by atoms with Crippen LogP contribution in [0.15, 0.2) is 30.3 Å². The van der Waals surface area contributed by atoms with Crippen molar-refractivity contribution in [3.05, 3.63) is 35.9 Å². The van der Waals surface area contributed by atoms with E-state index in [2.05, 4.69) is 32.9 Å². The van der Waals surface area contributed by atoms with Crippen molar-refractivity contribution in [2.45, 2.75) is 78.0 Å². The third-order valence-corrected chi connectivity index (χ3v) is 4.50. The van der Waals surface area contributed by atoms with Crippen LogP contribution in [0, 0.1) is 5.92 Å². The molecule has 2 atom stereocenters. The summed E-state index contributed by atoms with van der Waals surface area (Å²) >= 11 is 0. The van der Waals surface area contributed by atoms with Gasteiger partial charge in [-0.3, -0.25) is 0 Å². The number of hydrogen-bond donors (Lipinski definition) is 0. The van der Waals surface area contributed by atoms with Gasteiger partial charge in [0.05, 0.1) is 18.3 Å². The van der Waals surface area contributed by atoms with Crippen molar-refractivity contribution in [1.29, 1.82) is 0 Å². The predicted octanol–water partition coefficient (Wildman–Crippen LogP) is 4.94. The second-order valence-electron chi connectivity index (χ2n) is 7.72. The summed E-state index contributed by atoms with van der Waals surface area (Å²) < 4.78 is 17.8. The summed E-state index contributed by atoms with van der Waals surface area (Å²) in [7, 11) is 0. The molecule has 0 amide bonds. The molecule has 130 valence electrons. The van der Waals surface area contributed by atoms with Gasteiger partial charge in [0.25, 0.3) is 0 Å². The van der Waals surface area contributed by atoms with E-state index < -0.39 is 5.79 Å². The highest BCUT2D eigenvalue weighted by atomic mass is 16.8. The molecule has 0 aromatic heterocycles. The molecule has 0 spiro atoms. The number of rotatable bonds is 8. The largest absolute Gasteiger partial charge is 0.377 e. The van der Waals surface area contributed by atoms with E-state index in [1.165, 1.54) is 5.56 Å². The van der Waals surface area contributed by atoms with Gasteiger partial charge in [0, 0.05) is 6.61 Å². The van der Waals surface area contributed by atoms with Crippen molar-refractivity contribution in [2.75, 3.05) is 6.61 Å². The zero-order chi connectivity index (χ0) is 16.9. The van der Waals surface area contributed by atoms with Gasteiger partial charge in [-0.05, 0) is 58.4 Å². The SMILES string of the molecule is C[C@H](CCOCc1ccccc1)CC[C@H]1OC(C)(C)OC1(C)C. The minimum Gasteiger partial charge on any atom is -0.377 e. The fourth-order valence-electron chi connectivity index (χ4n) is 3.24. The first-order chi connectivity index (χ1) is 10.8. The highest BCUT2D eigenvalue weighted by molar-refractivity contribution is 5.13. The number of benzene rings is 1. The molecule has 1 fully saturated rings. The average molecular weight is 320 g/mol. The van der Waals surface area contributed by atoms with E-state index in [4.69, 9.17) is 14.2 Å². The smallest absolute Gasteiger partial charge is 0.164 e. The van der Waals surface area contributed by atoms with Gasteiger partial charge in [-0.2, -0.15) is 0 Å². The van der Waals surface area contributed by atoms with Gasteiger partial charge in [-0.1, -0.05) is 37.3 Å². The molecular weight excluding hydrogens is 288 g/mol. The Morgan fingerprint density at radius 2 is 1.78 bits per heavy atom. The van der Waals surface area contributed by atoms with E-state index in [1.54, 1.807) is 0 Å². The molecule has 1 saturated heterocycles. The van der Waals surface area contributed by atoms with E-state index in [-0.39, 0.29) is 11.7 Å². The zero-order valence-electron chi connectivity index (χ0n) is 15.3. The van der Waals surface area contributed by atoms with Gasteiger partial charge in [0.1, 0.15) is 0 Å². The van der Waals surface area contributed by atoms with Gasteiger partial charge >= 0.3 is 0 Å². The first kappa shape index (κ1) is 18.4. The van der Waals surface area contributed by atoms with Crippen molar-refractivity contribution in [1.82, 2.24) is 0 Å². The van der Waals surface area contributed by atoms with Crippen LogP contribution in [0.1, 0.15) is 59.4 Å². The van der Waals surface area contributed by atoms with E-state index >= 15 is 0 Å². The maximum absolute atomic E-state index is 6.04. The fourth-order valence-corrected chi connectivity index (χ4v) is 3.24. The van der Waals surface area contributed by atoms with Crippen molar-refractivity contribution in [3.63, 3.8) is 0 Å². The standard InChI is InChI=1S/C20H32O3/c1-16(13-14-21-15-17-9-7-6-8-10-17)11-12-18-19(2,3)23-20(4,5)22-18/h6-10,16,18H,11-15H2,1-5H3/t16-,18+/m0/s1. The van der Waals surface area contributed by atoms with Crippen LogP contribution >= 0.6 is 0 Å². The van der Waals surface area contributed by atoms with Crippen LogP contribution in [0.3, 0.4) is 0 Å². The summed E-state index contributed by atoms with van der Waals surface area (Å²) in [5.41, 5.74) is 1.04. The molecule has 23 heavy (non-hydrogen) atoms. The van der Waals surface area contributed by atoms with Crippen molar-refractivity contribution in [2.24, 2.45) is 5.92 Å². The molecule has 1 aliphatic heterocycles. The molecule has 0 bridgehead atoms. The minimum absolute atomic E-state index is 0.171. The lowest BCUT2D eigenvalue weighted by Gasteiger charge is -2.24. The highest BCUT2D eigenvalue weighted by Crippen LogP contribution is 2.38. The lowest BCUT2D eigenvalue weighted by Crippen LogP contribution is -2.33. The van der Waals surface area contributed by atoms with Gasteiger partial charge in [-0.15, -0.1) is 0 Å². The number of hydrogen-bond acceptors (Lipinski definition) is 3. The second-order valence-corrected chi connectivity index (χ2v) is 7.72. The summed E-state index contributed by atoms with van der Waals surface area (Å²) in [5.74, 6) is 0.171. The molecule has 1 aromatic carbocycles. The normalized spacial score (nSPS) is 23.8. The van der Waals surface area contributed by atoms with Crippen LogP contribution in [0.5, 0.6) is 0 Å². The summed E-state index contributed by atoms with van der Waals surface area (Å²) in [6.45, 7) is 12.0. The van der Waals surface area contributed by atoms with Gasteiger partial charge in [-0.25, -0.2) is 0 Å². The van der Waals surface area contributed by atoms with Crippen molar-refractivity contribution in [3.8, 4) is 0 Å². The van der Waals surface area contributed by atoms with Crippen LogP contribution in [0.4, 0.5) is 0 Å². The van der Waals surface area contributed by atoms with Crippen LogP contribution < -0.4 is 0 Å². The summed E-state index contributed by atoms with van der Waals surface area (Å²) in [5, 5.41) is 0. The molecule has 0 unspecified atom stereocenters. The molecule has 0 saturated carbocycles. The van der Waals surface area contributed by atoms with Crippen molar-refractivity contribution >= 4 is 0 Å². The Hall–Kier alpha value is -0.900. The third kappa shape index (κ3) is 5.91. The molecular formula is C20H32O3. The Morgan fingerprint density at radius 1 is 1.09 bits per heavy atom. The summed E-state index contributed by atoms with van der Waals surface area (Å²) in [4.78, 5) is 0. The molecule has 1 heterocycles. The first-order valence-electron chi connectivity index (χ1n) is 8.78. The maximum atomic E-state index is 6.04. The Labute approximate surface area is 141 Å². The molecule has 0 N–H and O–H groups in total.